The van der Waals surface area contributed by atoms with Gasteiger partial charge >= 0.3 is 0 Å². The zero-order valence-corrected chi connectivity index (χ0v) is 11.5. The standard InChI is InChI=1S/C15H10F5NO/c1-6-3-7(2)15(22)8(4-6)5-21-14-12(19)10(17)9(16)11(18)13(14)20/h3-5,22H,1-2H3. The molecule has 0 saturated heterocycles. The number of hydrogen-bond donors (Lipinski definition) is 1. The number of aliphatic imine (C=N–C) groups is 1. The van der Waals surface area contributed by atoms with Crippen LogP contribution in [0, 0.1) is 42.9 Å². The van der Waals surface area contributed by atoms with E-state index in [0.717, 1.165) is 11.8 Å². The number of phenolic OH excluding ortho intramolecular Hbond substituents is 1. The molecule has 0 unspecified atom stereocenters. The van der Waals surface area contributed by atoms with Crippen molar-refractivity contribution in [1.82, 2.24) is 0 Å². The summed E-state index contributed by atoms with van der Waals surface area (Å²) < 4.78 is 65.9. The molecule has 0 atom stereocenters. The molecule has 2 nitrogen and oxygen atoms in total. The fraction of sp³-hybridized carbons (Fsp3) is 0.133. The molecule has 1 N–H and O–H groups in total. The Kier molecular flexibility index (Phi) is 4.16. The van der Waals surface area contributed by atoms with E-state index in [-0.39, 0.29) is 11.3 Å². The van der Waals surface area contributed by atoms with E-state index in [1.165, 1.54) is 6.07 Å². The number of rotatable bonds is 2. The Morgan fingerprint density at radius 3 is 1.91 bits per heavy atom. The van der Waals surface area contributed by atoms with E-state index in [0.29, 0.717) is 5.56 Å². The Morgan fingerprint density at radius 2 is 1.36 bits per heavy atom. The second-order valence-electron chi connectivity index (χ2n) is 4.70. The molecule has 116 valence electrons. The zero-order valence-electron chi connectivity index (χ0n) is 11.5. The van der Waals surface area contributed by atoms with Gasteiger partial charge in [0, 0.05) is 11.8 Å². The summed E-state index contributed by atoms with van der Waals surface area (Å²) >= 11 is 0. The second-order valence-corrected chi connectivity index (χ2v) is 4.70. The summed E-state index contributed by atoms with van der Waals surface area (Å²) in [5.74, 6) is -10.7. The number of benzene rings is 2. The average molecular weight is 315 g/mol. The molecule has 0 spiro atoms. The van der Waals surface area contributed by atoms with Crippen molar-refractivity contribution in [2.24, 2.45) is 4.99 Å². The maximum Gasteiger partial charge on any atom is 0.200 e. The predicted octanol–water partition coefficient (Wildman–Crippen LogP) is 4.46. The van der Waals surface area contributed by atoms with Crippen molar-refractivity contribution in [2.75, 3.05) is 0 Å². The van der Waals surface area contributed by atoms with Crippen LogP contribution >= 0.6 is 0 Å². The molecule has 7 heteroatoms. The molecule has 0 aliphatic carbocycles. The maximum absolute atomic E-state index is 13.5. The molecule has 0 saturated carbocycles. The predicted molar refractivity (Wildman–Crippen MR) is 71.1 cm³/mol. The number of aromatic hydroxyl groups is 1. The van der Waals surface area contributed by atoms with Gasteiger partial charge in [0.25, 0.3) is 0 Å². The Labute approximate surface area is 122 Å². The normalized spacial score (nSPS) is 11.4. The first kappa shape index (κ1) is 15.9. The highest BCUT2D eigenvalue weighted by atomic mass is 19.2. The summed E-state index contributed by atoms with van der Waals surface area (Å²) in [6.45, 7) is 3.31. The largest absolute Gasteiger partial charge is 0.507 e. The van der Waals surface area contributed by atoms with Crippen LogP contribution in [0.25, 0.3) is 0 Å². The summed E-state index contributed by atoms with van der Waals surface area (Å²) in [4.78, 5) is 3.30. The van der Waals surface area contributed by atoms with Gasteiger partial charge in [-0.1, -0.05) is 6.07 Å². The van der Waals surface area contributed by atoms with Crippen molar-refractivity contribution in [3.8, 4) is 5.75 Å². The summed E-state index contributed by atoms with van der Waals surface area (Å²) in [5.41, 5.74) is 0.00410. The van der Waals surface area contributed by atoms with E-state index >= 15 is 0 Å². The van der Waals surface area contributed by atoms with Crippen molar-refractivity contribution in [2.45, 2.75) is 13.8 Å². The molecule has 0 fully saturated rings. The van der Waals surface area contributed by atoms with Crippen LogP contribution in [0.1, 0.15) is 16.7 Å². The average Bonchev–Trinajstić information content (AvgIpc) is 2.47. The fourth-order valence-corrected chi connectivity index (χ4v) is 1.93. The van der Waals surface area contributed by atoms with Gasteiger partial charge in [-0.3, -0.25) is 0 Å². The summed E-state index contributed by atoms with van der Waals surface area (Å²) in [6.07, 6.45) is 0.841. The van der Waals surface area contributed by atoms with Crippen LogP contribution in [0.2, 0.25) is 0 Å². The topological polar surface area (TPSA) is 32.6 Å². The Hall–Kier alpha value is -2.44. The van der Waals surface area contributed by atoms with Crippen molar-refractivity contribution in [3.05, 3.63) is 57.9 Å². The molecule has 2 rings (SSSR count). The van der Waals surface area contributed by atoms with Gasteiger partial charge in [0.1, 0.15) is 11.4 Å². The minimum absolute atomic E-state index is 0.0986. The molecular weight excluding hydrogens is 305 g/mol. The van der Waals surface area contributed by atoms with E-state index in [1.807, 2.05) is 0 Å². The smallest absolute Gasteiger partial charge is 0.200 e. The minimum Gasteiger partial charge on any atom is -0.507 e. The van der Waals surface area contributed by atoms with Gasteiger partial charge in [-0.25, -0.2) is 26.9 Å². The van der Waals surface area contributed by atoms with Crippen LogP contribution in [0.15, 0.2) is 17.1 Å². The maximum atomic E-state index is 13.5. The highest BCUT2D eigenvalue weighted by molar-refractivity contribution is 5.86. The second kappa shape index (κ2) is 5.75. The van der Waals surface area contributed by atoms with Crippen LogP contribution in [-0.4, -0.2) is 11.3 Å². The van der Waals surface area contributed by atoms with Gasteiger partial charge < -0.3 is 5.11 Å². The molecular formula is C15H10F5NO. The van der Waals surface area contributed by atoms with Gasteiger partial charge in [-0.05, 0) is 31.0 Å². The number of halogens is 5. The molecule has 0 aromatic heterocycles. The lowest BCUT2D eigenvalue weighted by Crippen LogP contribution is -2.01. The van der Waals surface area contributed by atoms with Gasteiger partial charge in [-0.2, -0.15) is 0 Å². The van der Waals surface area contributed by atoms with Crippen LogP contribution in [-0.2, 0) is 0 Å². The SMILES string of the molecule is Cc1cc(C)c(O)c(C=Nc2c(F)c(F)c(F)c(F)c2F)c1. The lowest BCUT2D eigenvalue weighted by Gasteiger charge is -2.06. The quantitative estimate of drug-likeness (QED) is 0.377. The fourth-order valence-electron chi connectivity index (χ4n) is 1.93. The van der Waals surface area contributed by atoms with Crippen LogP contribution in [0.5, 0.6) is 5.75 Å². The number of nitrogens with zero attached hydrogens (tertiary/aromatic N) is 1. The highest BCUT2D eigenvalue weighted by Crippen LogP contribution is 2.30. The van der Waals surface area contributed by atoms with Crippen LogP contribution in [0.3, 0.4) is 0 Å². The van der Waals surface area contributed by atoms with Crippen LogP contribution < -0.4 is 0 Å². The zero-order chi connectivity index (χ0) is 16.6. The molecule has 0 radical (unpaired) electrons. The van der Waals surface area contributed by atoms with E-state index in [9.17, 15) is 27.1 Å². The minimum atomic E-state index is -2.25. The molecule has 0 aliphatic rings. The van der Waals surface area contributed by atoms with E-state index in [2.05, 4.69) is 4.99 Å². The van der Waals surface area contributed by atoms with Gasteiger partial charge in [-0.15, -0.1) is 0 Å². The highest BCUT2D eigenvalue weighted by Gasteiger charge is 2.25. The first-order valence-corrected chi connectivity index (χ1v) is 6.09. The van der Waals surface area contributed by atoms with Gasteiger partial charge in [0.15, 0.2) is 23.3 Å². The van der Waals surface area contributed by atoms with E-state index < -0.39 is 34.8 Å². The Balaban J connectivity index is 2.57. The summed E-state index contributed by atoms with van der Waals surface area (Å²) in [5, 5.41) is 9.81. The molecule has 2 aromatic rings. The van der Waals surface area contributed by atoms with Crippen molar-refractivity contribution in [1.29, 1.82) is 0 Å². The molecule has 0 heterocycles. The number of hydrogen-bond acceptors (Lipinski definition) is 2. The molecule has 22 heavy (non-hydrogen) atoms. The summed E-state index contributed by atoms with van der Waals surface area (Å²) in [7, 11) is 0. The van der Waals surface area contributed by atoms with Crippen molar-refractivity contribution >= 4 is 11.9 Å². The van der Waals surface area contributed by atoms with Gasteiger partial charge in [0.05, 0.1) is 0 Å². The van der Waals surface area contributed by atoms with Gasteiger partial charge in [0.2, 0.25) is 5.82 Å². The lowest BCUT2D eigenvalue weighted by molar-refractivity contribution is 0.381. The third kappa shape index (κ3) is 2.66. The first-order chi connectivity index (χ1) is 10.2. The molecule has 0 bridgehead atoms. The number of phenols is 1. The summed E-state index contributed by atoms with van der Waals surface area (Å²) in [6, 6.07) is 3.11. The van der Waals surface area contributed by atoms with E-state index in [4.69, 9.17) is 0 Å². The third-order valence-electron chi connectivity index (χ3n) is 2.99. The third-order valence-corrected chi connectivity index (χ3v) is 2.99. The number of aryl methyl sites for hydroxylation is 2. The Bertz CT molecular complexity index is 757. The molecule has 0 aliphatic heterocycles. The Morgan fingerprint density at radius 1 is 0.864 bits per heavy atom. The first-order valence-electron chi connectivity index (χ1n) is 6.09. The van der Waals surface area contributed by atoms with Crippen molar-refractivity contribution < 1.29 is 27.1 Å². The van der Waals surface area contributed by atoms with E-state index in [1.54, 1.807) is 19.9 Å². The van der Waals surface area contributed by atoms with Crippen molar-refractivity contribution in [3.63, 3.8) is 0 Å². The lowest BCUT2D eigenvalue weighted by atomic mass is 10.1. The molecule has 0 amide bonds. The van der Waals surface area contributed by atoms with Crippen LogP contribution in [0.4, 0.5) is 27.6 Å². The molecule has 2 aromatic carbocycles. The monoisotopic (exact) mass is 315 g/mol.